The number of amides is 1. The lowest BCUT2D eigenvalue weighted by Gasteiger charge is -2.26. The highest BCUT2D eigenvalue weighted by atomic mass is 16.5. The van der Waals surface area contributed by atoms with Crippen molar-refractivity contribution >= 4 is 17.6 Å². The molecule has 0 aliphatic heterocycles. The van der Waals surface area contributed by atoms with Gasteiger partial charge in [-0.05, 0) is 57.2 Å². The Hall–Kier alpha value is -2.08. The summed E-state index contributed by atoms with van der Waals surface area (Å²) < 4.78 is 16.2. The maximum atomic E-state index is 12.6. The van der Waals surface area contributed by atoms with E-state index in [9.17, 15) is 9.59 Å². The highest BCUT2D eigenvalue weighted by Crippen LogP contribution is 2.42. The Morgan fingerprint density at radius 2 is 2.00 bits per heavy atom. The molecule has 1 fully saturated rings. The van der Waals surface area contributed by atoms with E-state index in [0.29, 0.717) is 23.6 Å². The second-order valence-electron chi connectivity index (χ2n) is 6.32. The van der Waals surface area contributed by atoms with Gasteiger partial charge in [-0.2, -0.15) is 0 Å². The number of hydrogen-bond donors (Lipinski definition) is 1. The van der Waals surface area contributed by atoms with Crippen LogP contribution in [-0.2, 0) is 14.3 Å². The number of esters is 1. The van der Waals surface area contributed by atoms with Gasteiger partial charge in [-0.15, -0.1) is 0 Å². The van der Waals surface area contributed by atoms with E-state index in [2.05, 4.69) is 5.32 Å². The molecule has 0 bridgehead atoms. The van der Waals surface area contributed by atoms with Crippen molar-refractivity contribution in [3.63, 3.8) is 0 Å². The van der Waals surface area contributed by atoms with Gasteiger partial charge in [0.05, 0.1) is 13.2 Å². The van der Waals surface area contributed by atoms with Crippen molar-refractivity contribution in [2.45, 2.75) is 45.6 Å². The average molecular weight is 349 g/mol. The van der Waals surface area contributed by atoms with Crippen LogP contribution in [0.2, 0.25) is 0 Å². The van der Waals surface area contributed by atoms with Gasteiger partial charge in [0.2, 0.25) is 0 Å². The van der Waals surface area contributed by atoms with Crippen LogP contribution in [-0.4, -0.2) is 37.8 Å². The predicted octanol–water partition coefficient (Wildman–Crippen LogP) is 3.41. The molecule has 0 saturated heterocycles. The number of methoxy groups -OCH3 is 1. The normalized spacial score (nSPS) is 16.0. The number of carbonyl (C=O) groups excluding carboxylic acids is 2. The Morgan fingerprint density at radius 1 is 1.28 bits per heavy atom. The molecular weight excluding hydrogens is 322 g/mol. The lowest BCUT2D eigenvalue weighted by molar-refractivity contribution is -0.138. The van der Waals surface area contributed by atoms with Crippen LogP contribution in [0, 0.1) is 5.92 Å². The van der Waals surface area contributed by atoms with Crippen molar-refractivity contribution in [2.24, 2.45) is 5.92 Å². The highest BCUT2D eigenvalue weighted by molar-refractivity contribution is 6.00. The monoisotopic (exact) mass is 349 g/mol. The first-order valence-electron chi connectivity index (χ1n) is 8.76. The molecule has 1 aromatic rings. The Labute approximate surface area is 148 Å². The zero-order chi connectivity index (χ0) is 18.4. The number of anilines is 1. The number of carbonyl (C=O) groups is 2. The number of hydrogen-bond acceptors (Lipinski definition) is 5. The van der Waals surface area contributed by atoms with Crippen molar-refractivity contribution in [1.82, 2.24) is 0 Å². The van der Waals surface area contributed by atoms with Gasteiger partial charge in [0.25, 0.3) is 5.91 Å². The van der Waals surface area contributed by atoms with E-state index in [1.54, 1.807) is 39.2 Å². The zero-order valence-electron chi connectivity index (χ0n) is 15.4. The molecule has 6 nitrogen and oxygen atoms in total. The summed E-state index contributed by atoms with van der Waals surface area (Å²) in [7, 11) is 1.55. The van der Waals surface area contributed by atoms with Gasteiger partial charge in [-0.3, -0.25) is 4.79 Å². The number of nitrogens with one attached hydrogen (secondary N) is 1. The van der Waals surface area contributed by atoms with Crippen LogP contribution in [0.4, 0.5) is 5.69 Å². The van der Waals surface area contributed by atoms with Crippen molar-refractivity contribution in [2.75, 3.05) is 25.6 Å². The molecule has 6 heteroatoms. The van der Waals surface area contributed by atoms with E-state index >= 15 is 0 Å². The molecule has 1 saturated carbocycles. The molecule has 138 valence electrons. The Kier molecular flexibility index (Phi) is 6.42. The second kappa shape index (κ2) is 8.34. The lowest BCUT2D eigenvalue weighted by atomic mass is 9.99. The third-order valence-corrected chi connectivity index (χ3v) is 4.43. The minimum atomic E-state index is -0.860. The van der Waals surface area contributed by atoms with Gasteiger partial charge in [0, 0.05) is 12.8 Å². The maximum Gasteiger partial charge on any atom is 0.341 e. The van der Waals surface area contributed by atoms with Crippen LogP contribution in [0.15, 0.2) is 18.2 Å². The molecule has 0 radical (unpaired) electrons. The molecule has 1 amide bonds. The van der Waals surface area contributed by atoms with Crippen LogP contribution in [0.25, 0.3) is 0 Å². The fraction of sp³-hybridized carbons (Fsp3) is 0.579. The molecule has 1 atom stereocenters. The van der Waals surface area contributed by atoms with Gasteiger partial charge in [0.1, 0.15) is 16.9 Å². The van der Waals surface area contributed by atoms with E-state index in [1.807, 2.05) is 6.92 Å². The summed E-state index contributed by atoms with van der Waals surface area (Å²) >= 11 is 0. The SMILES string of the molecule is CCCOc1ccc(NC(=O)[C@](C)(OC)C2CC2)cc1C(=O)OCC. The largest absolute Gasteiger partial charge is 0.493 e. The van der Waals surface area contributed by atoms with Gasteiger partial charge in [-0.25, -0.2) is 4.79 Å². The summed E-state index contributed by atoms with van der Waals surface area (Å²) in [6, 6.07) is 4.98. The van der Waals surface area contributed by atoms with Crippen molar-refractivity contribution < 1.29 is 23.8 Å². The van der Waals surface area contributed by atoms with Gasteiger partial charge >= 0.3 is 5.97 Å². The van der Waals surface area contributed by atoms with E-state index < -0.39 is 11.6 Å². The predicted molar refractivity (Wildman–Crippen MR) is 95.0 cm³/mol. The Balaban J connectivity index is 2.21. The molecule has 1 aliphatic rings. The third-order valence-electron chi connectivity index (χ3n) is 4.43. The molecule has 2 rings (SSSR count). The standard InChI is InChI=1S/C19H27NO5/c1-5-11-25-16-10-9-14(12-15(16)17(21)24-6-2)20-18(22)19(3,23-4)13-7-8-13/h9-10,12-13H,5-8,11H2,1-4H3,(H,20,22)/t19-/m1/s1. The van der Waals surface area contributed by atoms with E-state index in [0.717, 1.165) is 19.3 Å². The molecule has 1 aromatic carbocycles. The first-order valence-corrected chi connectivity index (χ1v) is 8.76. The summed E-state index contributed by atoms with van der Waals surface area (Å²) in [5.41, 5.74) is -0.0407. The third kappa shape index (κ3) is 4.51. The summed E-state index contributed by atoms with van der Waals surface area (Å²) in [4.78, 5) is 24.8. The Morgan fingerprint density at radius 3 is 2.56 bits per heavy atom. The van der Waals surface area contributed by atoms with Crippen LogP contribution >= 0.6 is 0 Å². The van der Waals surface area contributed by atoms with Crippen LogP contribution in [0.5, 0.6) is 5.75 Å². The molecule has 0 heterocycles. The van der Waals surface area contributed by atoms with Crippen LogP contribution in [0.3, 0.4) is 0 Å². The number of rotatable bonds is 9. The zero-order valence-corrected chi connectivity index (χ0v) is 15.4. The molecular formula is C19H27NO5. The number of benzene rings is 1. The van der Waals surface area contributed by atoms with Gasteiger partial charge in [-0.1, -0.05) is 6.92 Å². The number of ether oxygens (including phenoxy) is 3. The summed E-state index contributed by atoms with van der Waals surface area (Å²) in [5, 5.41) is 2.85. The molecule has 0 unspecified atom stereocenters. The lowest BCUT2D eigenvalue weighted by Crippen LogP contribution is -2.44. The van der Waals surface area contributed by atoms with Crippen LogP contribution < -0.4 is 10.1 Å². The minimum absolute atomic E-state index is 0.213. The first-order chi connectivity index (χ1) is 12.0. The molecule has 1 aliphatic carbocycles. The fourth-order valence-electron chi connectivity index (χ4n) is 2.65. The molecule has 25 heavy (non-hydrogen) atoms. The summed E-state index contributed by atoms with van der Waals surface area (Å²) in [6.07, 6.45) is 2.79. The van der Waals surface area contributed by atoms with Gasteiger partial charge in [0.15, 0.2) is 0 Å². The smallest absolute Gasteiger partial charge is 0.341 e. The van der Waals surface area contributed by atoms with Crippen LogP contribution in [0.1, 0.15) is 50.4 Å². The Bertz CT molecular complexity index is 626. The fourth-order valence-corrected chi connectivity index (χ4v) is 2.65. The topological polar surface area (TPSA) is 73.9 Å². The van der Waals surface area contributed by atoms with E-state index in [-0.39, 0.29) is 18.4 Å². The van der Waals surface area contributed by atoms with Crippen molar-refractivity contribution in [1.29, 1.82) is 0 Å². The van der Waals surface area contributed by atoms with Gasteiger partial charge < -0.3 is 19.5 Å². The average Bonchev–Trinajstić information content (AvgIpc) is 3.45. The van der Waals surface area contributed by atoms with E-state index in [4.69, 9.17) is 14.2 Å². The highest BCUT2D eigenvalue weighted by Gasteiger charge is 2.47. The van der Waals surface area contributed by atoms with Crippen molar-refractivity contribution in [3.8, 4) is 5.75 Å². The first kappa shape index (κ1) is 19.2. The minimum Gasteiger partial charge on any atom is -0.493 e. The summed E-state index contributed by atoms with van der Waals surface area (Å²) in [5.74, 6) is 0.000108. The van der Waals surface area contributed by atoms with E-state index in [1.165, 1.54) is 0 Å². The molecule has 0 aromatic heterocycles. The molecule has 0 spiro atoms. The second-order valence-corrected chi connectivity index (χ2v) is 6.32. The summed E-state index contributed by atoms with van der Waals surface area (Å²) in [6.45, 7) is 6.30. The molecule has 1 N–H and O–H groups in total. The quantitative estimate of drug-likeness (QED) is 0.692. The maximum absolute atomic E-state index is 12.6. The van der Waals surface area contributed by atoms with Crippen molar-refractivity contribution in [3.05, 3.63) is 23.8 Å².